The molecule has 15 heavy (non-hydrogen) atoms. The van der Waals surface area contributed by atoms with Crippen LogP contribution in [0, 0.1) is 23.1 Å². The lowest BCUT2D eigenvalue weighted by Gasteiger charge is -2.15. The Morgan fingerprint density at radius 2 is 2.00 bits per heavy atom. The van der Waals surface area contributed by atoms with Crippen LogP contribution < -0.4 is 0 Å². The van der Waals surface area contributed by atoms with E-state index in [4.69, 9.17) is 5.26 Å². The van der Waals surface area contributed by atoms with Crippen molar-refractivity contribution in [3.05, 3.63) is 29.6 Å². The van der Waals surface area contributed by atoms with Crippen molar-refractivity contribution in [3.8, 4) is 6.07 Å². The molecule has 80 valence electrons. The largest absolute Gasteiger partial charge is 0.207 e. The van der Waals surface area contributed by atoms with Crippen LogP contribution >= 0.6 is 11.8 Å². The van der Waals surface area contributed by atoms with Crippen LogP contribution in [-0.4, -0.2) is 5.25 Å². The minimum Gasteiger partial charge on any atom is -0.207 e. The zero-order valence-corrected chi connectivity index (χ0v) is 9.94. The number of hydrogen-bond acceptors (Lipinski definition) is 2. The van der Waals surface area contributed by atoms with E-state index < -0.39 is 0 Å². The van der Waals surface area contributed by atoms with Crippen LogP contribution in [0.5, 0.6) is 0 Å². The highest BCUT2D eigenvalue weighted by Crippen LogP contribution is 2.30. The quantitative estimate of drug-likeness (QED) is 0.727. The van der Waals surface area contributed by atoms with Crippen LogP contribution in [0.1, 0.15) is 26.3 Å². The molecule has 1 atom stereocenters. The molecule has 0 saturated carbocycles. The molecule has 0 heterocycles. The molecule has 0 fully saturated rings. The van der Waals surface area contributed by atoms with Crippen LogP contribution in [-0.2, 0) is 0 Å². The lowest BCUT2D eigenvalue weighted by atomic mass is 10.2. The topological polar surface area (TPSA) is 23.8 Å². The van der Waals surface area contributed by atoms with Crippen molar-refractivity contribution in [2.24, 2.45) is 5.92 Å². The molecular formula is C12H14FNS. The van der Waals surface area contributed by atoms with E-state index >= 15 is 0 Å². The van der Waals surface area contributed by atoms with Gasteiger partial charge in [0.05, 0.1) is 5.56 Å². The standard InChI is InChI=1S/C12H14FNS/c1-8(2)9(3)15-12-5-4-11(13)6-10(12)7-14/h4-6,8-9H,1-3H3. The minimum atomic E-state index is -0.354. The summed E-state index contributed by atoms with van der Waals surface area (Å²) < 4.78 is 12.9. The first-order valence-electron chi connectivity index (χ1n) is 4.91. The van der Waals surface area contributed by atoms with Gasteiger partial charge in [-0.2, -0.15) is 5.26 Å². The highest BCUT2D eigenvalue weighted by Gasteiger charge is 2.12. The second-order valence-electron chi connectivity index (χ2n) is 3.82. The zero-order valence-electron chi connectivity index (χ0n) is 9.12. The summed E-state index contributed by atoms with van der Waals surface area (Å²) in [7, 11) is 0. The van der Waals surface area contributed by atoms with Gasteiger partial charge in [-0.3, -0.25) is 0 Å². The molecule has 1 aromatic rings. The third-order valence-electron chi connectivity index (χ3n) is 2.31. The van der Waals surface area contributed by atoms with Gasteiger partial charge in [-0.25, -0.2) is 4.39 Å². The Kier molecular flexibility index (Phi) is 4.16. The number of rotatable bonds is 3. The minimum absolute atomic E-state index is 0.354. The third-order valence-corrected chi connectivity index (χ3v) is 3.84. The molecule has 1 rings (SSSR count). The van der Waals surface area contributed by atoms with Crippen molar-refractivity contribution in [1.29, 1.82) is 5.26 Å². The molecule has 0 aromatic heterocycles. The fourth-order valence-corrected chi connectivity index (χ4v) is 2.08. The summed E-state index contributed by atoms with van der Waals surface area (Å²) in [4.78, 5) is 0.861. The summed E-state index contributed by atoms with van der Waals surface area (Å²) in [6.45, 7) is 6.38. The van der Waals surface area contributed by atoms with Gasteiger partial charge in [0.1, 0.15) is 11.9 Å². The molecule has 0 aliphatic heterocycles. The molecule has 0 bridgehead atoms. The average Bonchev–Trinajstić information content (AvgIpc) is 2.20. The number of benzene rings is 1. The van der Waals surface area contributed by atoms with Gasteiger partial charge in [-0.15, -0.1) is 11.8 Å². The number of hydrogen-bond donors (Lipinski definition) is 0. The van der Waals surface area contributed by atoms with Gasteiger partial charge in [-0.05, 0) is 24.1 Å². The maximum Gasteiger partial charge on any atom is 0.124 e. The van der Waals surface area contributed by atoms with E-state index in [1.165, 1.54) is 12.1 Å². The maximum atomic E-state index is 12.9. The Morgan fingerprint density at radius 1 is 1.33 bits per heavy atom. The molecule has 0 saturated heterocycles. The van der Waals surface area contributed by atoms with Gasteiger partial charge in [0, 0.05) is 10.1 Å². The van der Waals surface area contributed by atoms with Crippen LogP contribution in [0.15, 0.2) is 23.1 Å². The van der Waals surface area contributed by atoms with E-state index in [2.05, 4.69) is 20.8 Å². The SMILES string of the molecule is CC(C)C(C)Sc1ccc(F)cc1C#N. The molecule has 0 radical (unpaired) electrons. The summed E-state index contributed by atoms with van der Waals surface area (Å²) in [5, 5.41) is 9.28. The number of nitrogens with zero attached hydrogens (tertiary/aromatic N) is 1. The summed E-state index contributed by atoms with van der Waals surface area (Å²) in [5.74, 6) is 0.180. The fourth-order valence-electron chi connectivity index (χ4n) is 1.03. The molecular weight excluding hydrogens is 209 g/mol. The average molecular weight is 223 g/mol. The highest BCUT2D eigenvalue weighted by atomic mass is 32.2. The van der Waals surface area contributed by atoms with Crippen LogP contribution in [0.2, 0.25) is 0 Å². The first-order chi connectivity index (χ1) is 7.04. The maximum absolute atomic E-state index is 12.9. The first-order valence-corrected chi connectivity index (χ1v) is 5.79. The summed E-state index contributed by atoms with van der Waals surface area (Å²) >= 11 is 1.62. The second-order valence-corrected chi connectivity index (χ2v) is 5.24. The molecule has 0 N–H and O–H groups in total. The van der Waals surface area contributed by atoms with E-state index in [1.807, 2.05) is 6.07 Å². The summed E-state index contributed by atoms with van der Waals surface area (Å²) in [6.07, 6.45) is 0. The Morgan fingerprint density at radius 3 is 2.53 bits per heavy atom. The predicted molar refractivity (Wildman–Crippen MR) is 61.3 cm³/mol. The number of thioether (sulfide) groups is 1. The summed E-state index contributed by atoms with van der Waals surface area (Å²) in [6, 6.07) is 6.38. The van der Waals surface area contributed by atoms with E-state index in [1.54, 1.807) is 17.8 Å². The van der Waals surface area contributed by atoms with E-state index in [9.17, 15) is 4.39 Å². The Bertz CT molecular complexity index is 382. The molecule has 1 aromatic carbocycles. The molecule has 1 unspecified atom stereocenters. The normalized spacial score (nSPS) is 12.5. The van der Waals surface area contributed by atoms with E-state index in [0.717, 1.165) is 4.90 Å². The Balaban J connectivity index is 2.91. The second kappa shape index (κ2) is 5.18. The predicted octanol–water partition coefficient (Wildman–Crippen LogP) is 3.83. The molecule has 0 spiro atoms. The lowest BCUT2D eigenvalue weighted by Crippen LogP contribution is -2.05. The van der Waals surface area contributed by atoms with Gasteiger partial charge in [0.2, 0.25) is 0 Å². The van der Waals surface area contributed by atoms with Crippen LogP contribution in [0.25, 0.3) is 0 Å². The van der Waals surface area contributed by atoms with Gasteiger partial charge >= 0.3 is 0 Å². The number of halogens is 1. The Hall–Kier alpha value is -1.01. The number of nitriles is 1. The van der Waals surface area contributed by atoms with Crippen molar-refractivity contribution in [3.63, 3.8) is 0 Å². The fraction of sp³-hybridized carbons (Fsp3) is 0.417. The van der Waals surface area contributed by atoms with Gasteiger partial charge < -0.3 is 0 Å². The van der Waals surface area contributed by atoms with E-state index in [-0.39, 0.29) is 5.82 Å². The van der Waals surface area contributed by atoms with Crippen molar-refractivity contribution in [2.45, 2.75) is 30.9 Å². The zero-order chi connectivity index (χ0) is 11.4. The van der Waals surface area contributed by atoms with Gasteiger partial charge in [-0.1, -0.05) is 20.8 Å². The lowest BCUT2D eigenvalue weighted by molar-refractivity contribution is 0.625. The molecule has 3 heteroatoms. The van der Waals surface area contributed by atoms with Crippen molar-refractivity contribution < 1.29 is 4.39 Å². The van der Waals surface area contributed by atoms with Gasteiger partial charge in [0.25, 0.3) is 0 Å². The van der Waals surface area contributed by atoms with Crippen molar-refractivity contribution in [2.75, 3.05) is 0 Å². The molecule has 0 aliphatic carbocycles. The molecule has 1 nitrogen and oxygen atoms in total. The molecule has 0 amide bonds. The highest BCUT2D eigenvalue weighted by molar-refractivity contribution is 8.00. The Labute approximate surface area is 94.3 Å². The molecule has 0 aliphatic rings. The summed E-state index contributed by atoms with van der Waals surface area (Å²) in [5.41, 5.74) is 0.424. The van der Waals surface area contributed by atoms with Crippen LogP contribution in [0.4, 0.5) is 4.39 Å². The van der Waals surface area contributed by atoms with Crippen molar-refractivity contribution in [1.82, 2.24) is 0 Å². The monoisotopic (exact) mass is 223 g/mol. The van der Waals surface area contributed by atoms with Crippen molar-refractivity contribution >= 4 is 11.8 Å². The first kappa shape index (κ1) is 12.1. The smallest absolute Gasteiger partial charge is 0.124 e. The third kappa shape index (κ3) is 3.24. The van der Waals surface area contributed by atoms with E-state index in [0.29, 0.717) is 16.7 Å². The van der Waals surface area contributed by atoms with Gasteiger partial charge in [0.15, 0.2) is 0 Å². The van der Waals surface area contributed by atoms with Crippen LogP contribution in [0.3, 0.4) is 0 Å².